The maximum atomic E-state index is 17.2. The van der Waals surface area contributed by atoms with Gasteiger partial charge >= 0.3 is 6.01 Å². The van der Waals surface area contributed by atoms with E-state index in [4.69, 9.17) is 27.5 Å². The van der Waals surface area contributed by atoms with Gasteiger partial charge in [-0.25, -0.2) is 13.6 Å². The van der Waals surface area contributed by atoms with Gasteiger partial charge in [0.05, 0.1) is 24.3 Å². The topological polar surface area (TPSA) is 87.3 Å². The molecule has 1 aliphatic carbocycles. The van der Waals surface area contributed by atoms with Crippen molar-refractivity contribution in [3.8, 4) is 35.2 Å². The van der Waals surface area contributed by atoms with Crippen LogP contribution in [-0.2, 0) is 4.74 Å². The van der Waals surface area contributed by atoms with Gasteiger partial charge in [0.25, 0.3) is 0 Å². The first-order chi connectivity index (χ1) is 24.3. The zero-order valence-electron chi connectivity index (χ0n) is 27.8. The van der Waals surface area contributed by atoms with Crippen molar-refractivity contribution in [2.24, 2.45) is 5.41 Å². The second-order valence-corrected chi connectivity index (χ2v) is 15.0. The SMILES string of the molecule is [C-]#[N+]c1cc2c(N3CC4CCC(C3)N4)nc(OCC3(CN4CC5(CCCCO5)C4)CC3)nc2c(F)c1-c1cc(O)cc2ccc(F)c(C#C)c12. The number of phenols is 1. The normalized spacial score (nSPS) is 23.5. The molecular weight excluding hydrogens is 638 g/mol. The molecule has 0 radical (unpaired) electrons. The van der Waals surface area contributed by atoms with Crippen molar-refractivity contribution in [3.05, 3.63) is 58.9 Å². The van der Waals surface area contributed by atoms with Crippen molar-refractivity contribution in [3.63, 3.8) is 0 Å². The van der Waals surface area contributed by atoms with Crippen LogP contribution < -0.4 is 15.0 Å². The van der Waals surface area contributed by atoms with Gasteiger partial charge in [-0.2, -0.15) is 9.97 Å². The molecule has 9 nitrogen and oxygen atoms in total. The van der Waals surface area contributed by atoms with Crippen LogP contribution in [-0.4, -0.2) is 83.6 Å². The summed E-state index contributed by atoms with van der Waals surface area (Å²) in [5.74, 6) is 1.31. The molecule has 5 fully saturated rings. The van der Waals surface area contributed by atoms with Gasteiger partial charge in [-0.15, -0.1) is 6.42 Å². The zero-order valence-corrected chi connectivity index (χ0v) is 27.8. The van der Waals surface area contributed by atoms with Gasteiger partial charge in [0.15, 0.2) is 5.69 Å². The fourth-order valence-corrected chi connectivity index (χ4v) is 8.82. The summed E-state index contributed by atoms with van der Waals surface area (Å²) in [7, 11) is 0. The fraction of sp³-hybridized carbons (Fsp3) is 0.462. The highest BCUT2D eigenvalue weighted by Crippen LogP contribution is 2.49. The number of phenolic OH excluding ortho intramolecular Hbond substituents is 1. The molecule has 1 saturated carbocycles. The Morgan fingerprint density at radius 3 is 2.60 bits per heavy atom. The van der Waals surface area contributed by atoms with Crippen LogP contribution in [0, 0.1) is 36.0 Å². The number of likely N-dealkylation sites (tertiary alicyclic amines) is 1. The van der Waals surface area contributed by atoms with Gasteiger partial charge in [0.1, 0.15) is 28.7 Å². The molecule has 9 rings (SSSR count). The van der Waals surface area contributed by atoms with Crippen molar-refractivity contribution in [1.82, 2.24) is 20.2 Å². The van der Waals surface area contributed by atoms with Crippen molar-refractivity contribution in [1.29, 1.82) is 0 Å². The summed E-state index contributed by atoms with van der Waals surface area (Å²) in [5, 5.41) is 15.4. The van der Waals surface area contributed by atoms with E-state index in [0.29, 0.717) is 36.3 Å². The summed E-state index contributed by atoms with van der Waals surface area (Å²) in [6.07, 6.45) is 13.4. The van der Waals surface area contributed by atoms with E-state index in [-0.39, 0.29) is 68.1 Å². The largest absolute Gasteiger partial charge is 0.508 e. The van der Waals surface area contributed by atoms with E-state index < -0.39 is 11.6 Å². The maximum absolute atomic E-state index is 17.2. The summed E-state index contributed by atoms with van der Waals surface area (Å²) in [4.78, 5) is 17.9. The number of terminal acetylenes is 1. The fourth-order valence-electron chi connectivity index (χ4n) is 8.82. The van der Waals surface area contributed by atoms with E-state index in [1.807, 2.05) is 0 Å². The number of nitrogens with one attached hydrogen (secondary N) is 1. The van der Waals surface area contributed by atoms with Gasteiger partial charge in [-0.1, -0.05) is 12.0 Å². The van der Waals surface area contributed by atoms with E-state index in [0.717, 1.165) is 64.8 Å². The quantitative estimate of drug-likeness (QED) is 0.174. The molecule has 4 saturated heterocycles. The lowest BCUT2D eigenvalue weighted by Crippen LogP contribution is -2.65. The zero-order chi connectivity index (χ0) is 34.2. The summed E-state index contributed by atoms with van der Waals surface area (Å²) in [6, 6.07) is 7.71. The third kappa shape index (κ3) is 5.31. The van der Waals surface area contributed by atoms with Crippen molar-refractivity contribution in [2.75, 3.05) is 50.8 Å². The first kappa shape index (κ1) is 31.4. The van der Waals surface area contributed by atoms with Gasteiger partial charge in [-0.05, 0) is 80.2 Å². The highest BCUT2D eigenvalue weighted by Gasteiger charge is 2.51. The molecule has 5 heterocycles. The number of nitrogens with zero attached hydrogens (tertiary/aromatic N) is 5. The number of ether oxygens (including phenoxy) is 2. The van der Waals surface area contributed by atoms with Crippen molar-refractivity contribution >= 4 is 33.2 Å². The van der Waals surface area contributed by atoms with Crippen LogP contribution in [0.5, 0.6) is 11.8 Å². The van der Waals surface area contributed by atoms with Gasteiger partial charge < -0.3 is 24.8 Å². The van der Waals surface area contributed by atoms with Crippen LogP contribution in [0.2, 0.25) is 0 Å². The summed E-state index contributed by atoms with van der Waals surface area (Å²) >= 11 is 0. The van der Waals surface area contributed by atoms with Crippen LogP contribution in [0.15, 0.2) is 30.3 Å². The Hall–Kier alpha value is -4.55. The molecule has 4 aromatic rings. The third-order valence-electron chi connectivity index (χ3n) is 11.5. The van der Waals surface area contributed by atoms with Gasteiger partial charge in [0.2, 0.25) is 0 Å². The molecule has 4 aliphatic heterocycles. The molecule has 2 bridgehead atoms. The first-order valence-electron chi connectivity index (χ1n) is 17.6. The molecule has 1 aromatic heterocycles. The second-order valence-electron chi connectivity index (χ2n) is 15.0. The van der Waals surface area contributed by atoms with Crippen LogP contribution >= 0.6 is 0 Å². The Bertz CT molecular complexity index is 2110. The molecule has 5 aliphatic rings. The van der Waals surface area contributed by atoms with Crippen molar-refractivity contribution < 1.29 is 23.4 Å². The number of halogens is 2. The number of anilines is 1. The standard InChI is InChI=1S/C39H38F2N6O3/c1-3-27-30(40)9-6-23-14-26(48)15-28(32(23)27)33-31(42-2)16-29-35(34(33)41)44-37(45-36(29)47-17-24-7-8-25(18-47)43-24)49-22-38(11-12-38)19-46-20-39(21-46)10-4-5-13-50-39/h1,6,9,14-16,24-25,43,48H,4-5,7-8,10-13,17-22H2. The minimum absolute atomic E-state index is 0.00240. The number of aromatic hydroxyl groups is 1. The third-order valence-corrected chi connectivity index (χ3v) is 11.5. The number of hydrogen-bond acceptors (Lipinski definition) is 8. The Morgan fingerprint density at radius 2 is 1.90 bits per heavy atom. The molecule has 2 atom stereocenters. The number of fused-ring (bicyclic) bond motifs is 4. The Labute approximate surface area is 289 Å². The monoisotopic (exact) mass is 676 g/mol. The molecule has 2 N–H and O–H groups in total. The molecule has 2 unspecified atom stereocenters. The van der Waals surface area contributed by atoms with Crippen molar-refractivity contribution in [2.45, 2.75) is 62.6 Å². The predicted molar refractivity (Wildman–Crippen MR) is 187 cm³/mol. The first-order valence-corrected chi connectivity index (χ1v) is 17.6. The Morgan fingerprint density at radius 1 is 1.10 bits per heavy atom. The Balaban J connectivity index is 1.12. The lowest BCUT2D eigenvalue weighted by atomic mass is 9.85. The number of aromatic nitrogens is 2. The summed E-state index contributed by atoms with van der Waals surface area (Å²) in [5.41, 5.74) is -0.0875. The molecule has 11 heteroatoms. The highest BCUT2D eigenvalue weighted by atomic mass is 19.1. The number of piperazine rings is 1. The molecule has 256 valence electrons. The number of benzene rings is 3. The summed E-state index contributed by atoms with van der Waals surface area (Å²) in [6.45, 7) is 13.5. The predicted octanol–water partition coefficient (Wildman–Crippen LogP) is 6.32. The van der Waals surface area contributed by atoms with Gasteiger partial charge in [0, 0.05) is 73.2 Å². The van der Waals surface area contributed by atoms with E-state index in [1.165, 1.54) is 30.7 Å². The summed E-state index contributed by atoms with van der Waals surface area (Å²) < 4.78 is 44.7. The highest BCUT2D eigenvalue weighted by molar-refractivity contribution is 6.07. The van der Waals surface area contributed by atoms with Crippen LogP contribution in [0.25, 0.3) is 37.6 Å². The average molecular weight is 677 g/mol. The molecule has 50 heavy (non-hydrogen) atoms. The second kappa shape index (κ2) is 11.8. The van der Waals surface area contributed by atoms with Crippen LogP contribution in [0.1, 0.15) is 50.5 Å². The maximum Gasteiger partial charge on any atom is 0.319 e. The van der Waals surface area contributed by atoms with E-state index >= 15 is 8.78 Å². The molecule has 1 spiro atoms. The van der Waals surface area contributed by atoms with Crippen LogP contribution in [0.3, 0.4) is 0 Å². The lowest BCUT2D eigenvalue weighted by molar-refractivity contribution is -0.170. The number of rotatable bonds is 7. The van der Waals surface area contributed by atoms with Crippen LogP contribution in [0.4, 0.5) is 20.3 Å². The van der Waals surface area contributed by atoms with E-state index in [1.54, 1.807) is 6.07 Å². The minimum atomic E-state index is -0.779. The average Bonchev–Trinajstić information content (AvgIpc) is 3.80. The smallest absolute Gasteiger partial charge is 0.319 e. The van der Waals surface area contributed by atoms with E-state index in [2.05, 4.69) is 30.9 Å². The molecule has 0 amide bonds. The lowest BCUT2D eigenvalue weighted by Gasteiger charge is -2.52. The molecule has 3 aromatic carbocycles. The Kier molecular flexibility index (Phi) is 7.40. The minimum Gasteiger partial charge on any atom is -0.508 e. The van der Waals surface area contributed by atoms with Gasteiger partial charge in [-0.3, -0.25) is 4.90 Å². The molecular formula is C39H38F2N6O3. The number of hydrogen-bond donors (Lipinski definition) is 2. The van der Waals surface area contributed by atoms with E-state index in [9.17, 15) is 5.11 Å².